The number of nitrogens with one attached hydrogen (secondary N) is 2. The first-order valence-electron chi connectivity index (χ1n) is 8.29. The molecule has 1 heterocycles. The Labute approximate surface area is 158 Å². The number of likely N-dealkylation sites (tertiary alicyclic amines) is 1. The van der Waals surface area contributed by atoms with Crippen molar-refractivity contribution in [2.45, 2.75) is 39.7 Å². The number of guanidine groups is 1. The number of sulfone groups is 1. The summed E-state index contributed by atoms with van der Waals surface area (Å²) < 4.78 is 22.5. The maximum absolute atomic E-state index is 11.2. The first-order valence-corrected chi connectivity index (χ1v) is 10.3. The molecule has 2 unspecified atom stereocenters. The van der Waals surface area contributed by atoms with E-state index in [0.717, 1.165) is 32.1 Å². The highest BCUT2D eigenvalue weighted by atomic mass is 127. The molecule has 0 aliphatic carbocycles. The first kappa shape index (κ1) is 22.9. The van der Waals surface area contributed by atoms with E-state index in [1.165, 1.54) is 19.2 Å². The predicted octanol–water partition coefficient (Wildman–Crippen LogP) is 1.32. The number of rotatable bonds is 8. The monoisotopic (exact) mass is 460 g/mol. The number of aliphatic imine (C=N–C) groups is 1. The fourth-order valence-electron chi connectivity index (χ4n) is 2.59. The Kier molecular flexibility index (Phi) is 11.4. The van der Waals surface area contributed by atoms with E-state index in [-0.39, 0.29) is 35.8 Å². The summed E-state index contributed by atoms with van der Waals surface area (Å²) in [7, 11) is -2.91. The van der Waals surface area contributed by atoms with Gasteiger partial charge in [0.25, 0.3) is 0 Å². The van der Waals surface area contributed by atoms with Gasteiger partial charge in [0.2, 0.25) is 0 Å². The van der Waals surface area contributed by atoms with Crippen LogP contribution < -0.4 is 10.6 Å². The van der Waals surface area contributed by atoms with Crippen molar-refractivity contribution in [3.8, 4) is 0 Å². The van der Waals surface area contributed by atoms with Gasteiger partial charge in [-0.3, -0.25) is 4.99 Å². The van der Waals surface area contributed by atoms with Gasteiger partial charge < -0.3 is 15.5 Å². The summed E-state index contributed by atoms with van der Waals surface area (Å²) in [5.74, 6) is 1.62. The van der Waals surface area contributed by atoms with Gasteiger partial charge in [0.15, 0.2) is 5.96 Å². The van der Waals surface area contributed by atoms with E-state index >= 15 is 0 Å². The van der Waals surface area contributed by atoms with Gasteiger partial charge in [-0.25, -0.2) is 8.42 Å². The third kappa shape index (κ3) is 10.4. The quantitative estimate of drug-likeness (QED) is 0.325. The lowest BCUT2D eigenvalue weighted by atomic mass is 10.1. The maximum atomic E-state index is 11.2. The van der Waals surface area contributed by atoms with Gasteiger partial charge in [0.05, 0.1) is 5.75 Å². The Morgan fingerprint density at radius 2 is 2.09 bits per heavy atom. The molecule has 138 valence electrons. The van der Waals surface area contributed by atoms with Gasteiger partial charge >= 0.3 is 0 Å². The zero-order chi connectivity index (χ0) is 16.6. The standard InChI is InChI=1S/C15H32N4O2S.HI/c1-5-16-15(18-13(3)8-10-22(4,20)21)17-11-14-7-9-19(6-2)12-14;/h13-14H,5-12H2,1-4H3,(H2,16,17,18);1H. The average molecular weight is 460 g/mol. The van der Waals surface area contributed by atoms with Crippen LogP contribution in [0.15, 0.2) is 4.99 Å². The molecule has 0 amide bonds. The molecule has 1 aliphatic rings. The van der Waals surface area contributed by atoms with E-state index in [2.05, 4.69) is 27.4 Å². The number of halogens is 1. The molecule has 0 aromatic heterocycles. The Balaban J connectivity index is 0.00000484. The van der Waals surface area contributed by atoms with Gasteiger partial charge in [0, 0.05) is 31.9 Å². The molecule has 6 nitrogen and oxygen atoms in total. The normalized spacial score (nSPS) is 20.9. The van der Waals surface area contributed by atoms with Gasteiger partial charge in [-0.1, -0.05) is 6.92 Å². The van der Waals surface area contributed by atoms with Gasteiger partial charge in [0.1, 0.15) is 9.84 Å². The molecule has 0 aromatic rings. The van der Waals surface area contributed by atoms with Crippen LogP contribution in [0.5, 0.6) is 0 Å². The Morgan fingerprint density at radius 3 is 2.61 bits per heavy atom. The Bertz CT molecular complexity index is 456. The van der Waals surface area contributed by atoms with Crippen molar-refractivity contribution < 1.29 is 8.42 Å². The van der Waals surface area contributed by atoms with Crippen LogP contribution in [-0.4, -0.2) is 70.1 Å². The Morgan fingerprint density at radius 1 is 1.39 bits per heavy atom. The molecule has 23 heavy (non-hydrogen) atoms. The van der Waals surface area contributed by atoms with Crippen LogP contribution in [0.4, 0.5) is 0 Å². The third-order valence-corrected chi connectivity index (χ3v) is 4.95. The van der Waals surface area contributed by atoms with Crippen molar-refractivity contribution in [3.63, 3.8) is 0 Å². The maximum Gasteiger partial charge on any atom is 0.191 e. The molecule has 0 spiro atoms. The first-order chi connectivity index (χ1) is 10.3. The van der Waals surface area contributed by atoms with Crippen LogP contribution in [0.25, 0.3) is 0 Å². The second kappa shape index (κ2) is 11.5. The minimum atomic E-state index is -2.91. The van der Waals surface area contributed by atoms with Crippen LogP contribution in [0, 0.1) is 5.92 Å². The molecule has 0 bridgehead atoms. The second-order valence-corrected chi connectivity index (χ2v) is 8.49. The van der Waals surface area contributed by atoms with E-state index in [4.69, 9.17) is 0 Å². The molecule has 1 rings (SSSR count). The topological polar surface area (TPSA) is 73.8 Å². The number of nitrogens with zero attached hydrogens (tertiary/aromatic N) is 2. The fourth-order valence-corrected chi connectivity index (χ4v) is 3.37. The highest BCUT2D eigenvalue weighted by molar-refractivity contribution is 14.0. The van der Waals surface area contributed by atoms with Crippen LogP contribution >= 0.6 is 24.0 Å². The molecule has 1 aliphatic heterocycles. The van der Waals surface area contributed by atoms with E-state index < -0.39 is 9.84 Å². The predicted molar refractivity (Wildman–Crippen MR) is 109 cm³/mol. The largest absolute Gasteiger partial charge is 0.357 e. The van der Waals surface area contributed by atoms with E-state index in [1.807, 2.05) is 13.8 Å². The number of hydrogen-bond acceptors (Lipinski definition) is 4. The van der Waals surface area contributed by atoms with E-state index in [9.17, 15) is 8.42 Å². The zero-order valence-electron chi connectivity index (χ0n) is 14.8. The summed E-state index contributed by atoms with van der Waals surface area (Å²) >= 11 is 0. The molecule has 0 radical (unpaired) electrons. The van der Waals surface area contributed by atoms with E-state index in [0.29, 0.717) is 12.3 Å². The van der Waals surface area contributed by atoms with Crippen molar-refractivity contribution in [1.29, 1.82) is 0 Å². The van der Waals surface area contributed by atoms with E-state index in [1.54, 1.807) is 0 Å². The Hall–Kier alpha value is -0.0900. The van der Waals surface area contributed by atoms with Gasteiger partial charge in [-0.2, -0.15) is 0 Å². The molecular weight excluding hydrogens is 427 g/mol. The van der Waals surface area contributed by atoms with Crippen LogP contribution in [-0.2, 0) is 9.84 Å². The summed E-state index contributed by atoms with van der Waals surface area (Å²) in [6.45, 7) is 11.3. The summed E-state index contributed by atoms with van der Waals surface area (Å²) in [6, 6.07) is 0.0863. The van der Waals surface area contributed by atoms with Crippen molar-refractivity contribution in [2.24, 2.45) is 10.9 Å². The summed E-state index contributed by atoms with van der Waals surface area (Å²) in [5, 5.41) is 6.54. The molecule has 1 saturated heterocycles. The minimum Gasteiger partial charge on any atom is -0.357 e. The van der Waals surface area contributed by atoms with Crippen molar-refractivity contribution in [3.05, 3.63) is 0 Å². The van der Waals surface area contributed by atoms with Crippen molar-refractivity contribution >= 4 is 39.8 Å². The highest BCUT2D eigenvalue weighted by Gasteiger charge is 2.20. The summed E-state index contributed by atoms with van der Waals surface area (Å²) in [6.07, 6.45) is 3.08. The zero-order valence-corrected chi connectivity index (χ0v) is 18.0. The molecular formula is C15H33IN4O2S. The van der Waals surface area contributed by atoms with Crippen molar-refractivity contribution in [2.75, 3.05) is 44.7 Å². The third-order valence-electron chi connectivity index (χ3n) is 3.97. The molecule has 2 atom stereocenters. The van der Waals surface area contributed by atoms with Crippen molar-refractivity contribution in [1.82, 2.24) is 15.5 Å². The van der Waals surface area contributed by atoms with Crippen LogP contribution in [0.1, 0.15) is 33.6 Å². The number of hydrogen-bond donors (Lipinski definition) is 2. The lowest BCUT2D eigenvalue weighted by molar-refractivity contribution is 0.343. The van der Waals surface area contributed by atoms with Gasteiger partial charge in [-0.15, -0.1) is 24.0 Å². The lowest BCUT2D eigenvalue weighted by Gasteiger charge is -2.18. The van der Waals surface area contributed by atoms with Crippen LogP contribution in [0.2, 0.25) is 0 Å². The fraction of sp³-hybridized carbons (Fsp3) is 0.933. The molecule has 1 fully saturated rings. The molecule has 8 heteroatoms. The summed E-state index contributed by atoms with van der Waals surface area (Å²) in [4.78, 5) is 7.12. The highest BCUT2D eigenvalue weighted by Crippen LogP contribution is 2.15. The SMILES string of the molecule is CCNC(=NCC1CCN(CC)C1)NC(C)CCS(C)(=O)=O.I. The molecule has 0 saturated carbocycles. The average Bonchev–Trinajstić information content (AvgIpc) is 2.90. The minimum absolute atomic E-state index is 0. The molecule has 2 N–H and O–H groups in total. The second-order valence-electron chi connectivity index (χ2n) is 6.23. The lowest BCUT2D eigenvalue weighted by Crippen LogP contribution is -2.43. The smallest absolute Gasteiger partial charge is 0.191 e. The molecule has 0 aromatic carbocycles. The van der Waals surface area contributed by atoms with Crippen LogP contribution in [0.3, 0.4) is 0 Å². The van der Waals surface area contributed by atoms with Gasteiger partial charge in [-0.05, 0) is 45.7 Å². The summed E-state index contributed by atoms with van der Waals surface area (Å²) in [5.41, 5.74) is 0.